The van der Waals surface area contributed by atoms with Crippen LogP contribution in [-0.4, -0.2) is 11.8 Å². The van der Waals surface area contributed by atoms with Crippen LogP contribution in [0.1, 0.15) is 36.9 Å². The molecule has 0 saturated carbocycles. The fourth-order valence-electron chi connectivity index (χ4n) is 0.989. The molecule has 1 aromatic rings. The zero-order valence-electron chi connectivity index (χ0n) is 9.88. The summed E-state index contributed by atoms with van der Waals surface area (Å²) >= 11 is 0. The summed E-state index contributed by atoms with van der Waals surface area (Å²) in [4.78, 5) is 23.0. The van der Waals surface area contributed by atoms with Gasteiger partial charge in [-0.25, -0.2) is 0 Å². The van der Waals surface area contributed by atoms with Crippen LogP contribution in [0, 0.1) is 12.3 Å². The first-order valence-corrected chi connectivity index (χ1v) is 4.97. The van der Waals surface area contributed by atoms with Crippen LogP contribution in [0.15, 0.2) is 16.7 Å². The van der Waals surface area contributed by atoms with Crippen LogP contribution in [-0.2, 0) is 4.79 Å². The molecule has 5 nitrogen and oxygen atoms in total. The van der Waals surface area contributed by atoms with Gasteiger partial charge in [0.2, 0.25) is 5.91 Å². The molecule has 0 saturated heterocycles. The molecule has 0 aliphatic carbocycles. The van der Waals surface area contributed by atoms with E-state index in [1.165, 1.54) is 6.26 Å². The Morgan fingerprint density at radius 1 is 1.25 bits per heavy atom. The molecule has 0 fully saturated rings. The minimum Gasteiger partial charge on any atom is -0.469 e. The van der Waals surface area contributed by atoms with Crippen LogP contribution < -0.4 is 10.9 Å². The predicted molar refractivity (Wildman–Crippen MR) is 58.5 cm³/mol. The highest BCUT2D eigenvalue weighted by molar-refractivity contribution is 5.96. The van der Waals surface area contributed by atoms with E-state index in [2.05, 4.69) is 10.9 Å². The Hall–Kier alpha value is -1.78. The van der Waals surface area contributed by atoms with Crippen molar-refractivity contribution in [3.05, 3.63) is 23.7 Å². The van der Waals surface area contributed by atoms with Gasteiger partial charge in [-0.2, -0.15) is 0 Å². The first-order valence-electron chi connectivity index (χ1n) is 4.97. The van der Waals surface area contributed by atoms with Gasteiger partial charge in [-0.1, -0.05) is 20.8 Å². The average Bonchev–Trinajstić information content (AvgIpc) is 2.58. The van der Waals surface area contributed by atoms with Crippen LogP contribution in [0.4, 0.5) is 0 Å². The number of nitrogens with one attached hydrogen (secondary N) is 2. The molecule has 16 heavy (non-hydrogen) atoms. The first kappa shape index (κ1) is 12.3. The van der Waals surface area contributed by atoms with Crippen LogP contribution >= 0.6 is 0 Å². The van der Waals surface area contributed by atoms with E-state index >= 15 is 0 Å². The topological polar surface area (TPSA) is 71.3 Å². The molecule has 2 N–H and O–H groups in total. The Bertz CT molecular complexity index is 402. The molecular weight excluding hydrogens is 208 g/mol. The lowest BCUT2D eigenvalue weighted by molar-refractivity contribution is -0.129. The minimum absolute atomic E-state index is 0.248. The quantitative estimate of drug-likeness (QED) is 0.708. The molecule has 0 spiro atoms. The number of amides is 2. The van der Waals surface area contributed by atoms with E-state index in [1.807, 2.05) is 0 Å². The van der Waals surface area contributed by atoms with Crippen LogP contribution in [0.2, 0.25) is 0 Å². The summed E-state index contributed by atoms with van der Waals surface area (Å²) in [6.45, 7) is 6.97. The Morgan fingerprint density at radius 2 is 1.88 bits per heavy atom. The predicted octanol–water partition coefficient (Wildman–Crippen LogP) is 1.40. The lowest BCUT2D eigenvalue weighted by atomic mass is 9.96. The smallest absolute Gasteiger partial charge is 0.273 e. The van der Waals surface area contributed by atoms with Gasteiger partial charge in [0, 0.05) is 5.41 Å². The molecule has 0 aromatic carbocycles. The summed E-state index contributed by atoms with van der Waals surface area (Å²) in [5.74, 6) is -0.117. The maximum atomic E-state index is 11.6. The molecule has 1 aromatic heterocycles. The standard InChI is InChI=1S/C11H16N2O3/c1-7-8(5-6-16-7)9(14)12-13-10(15)11(2,3)4/h5-6H,1-4H3,(H,12,14)(H,13,15). The second-order valence-electron chi connectivity index (χ2n) is 4.55. The normalized spacial score (nSPS) is 11.0. The average molecular weight is 224 g/mol. The number of hydrazine groups is 1. The Kier molecular flexibility index (Phi) is 3.37. The fourth-order valence-corrected chi connectivity index (χ4v) is 0.989. The third kappa shape index (κ3) is 2.85. The molecular formula is C11H16N2O3. The molecule has 1 heterocycles. The van der Waals surface area contributed by atoms with E-state index < -0.39 is 5.41 Å². The lowest BCUT2D eigenvalue weighted by Gasteiger charge is -2.17. The van der Waals surface area contributed by atoms with Gasteiger partial charge >= 0.3 is 0 Å². The molecule has 1 rings (SSSR count). The van der Waals surface area contributed by atoms with Crippen molar-refractivity contribution in [1.82, 2.24) is 10.9 Å². The van der Waals surface area contributed by atoms with E-state index in [1.54, 1.807) is 33.8 Å². The summed E-state index contributed by atoms with van der Waals surface area (Å²) in [5, 5.41) is 0. The fraction of sp³-hybridized carbons (Fsp3) is 0.455. The van der Waals surface area contributed by atoms with Gasteiger partial charge < -0.3 is 4.42 Å². The van der Waals surface area contributed by atoms with Crippen molar-refractivity contribution in [2.45, 2.75) is 27.7 Å². The Labute approximate surface area is 94.2 Å². The first-order chi connectivity index (χ1) is 7.32. The van der Waals surface area contributed by atoms with Gasteiger partial charge in [-0.3, -0.25) is 20.4 Å². The largest absolute Gasteiger partial charge is 0.469 e. The number of carbonyl (C=O) groups is 2. The summed E-state index contributed by atoms with van der Waals surface area (Å²) in [7, 11) is 0. The number of furan rings is 1. The van der Waals surface area contributed by atoms with Crippen LogP contribution in [0.5, 0.6) is 0 Å². The van der Waals surface area contributed by atoms with Gasteiger partial charge in [0.05, 0.1) is 11.8 Å². The number of carbonyl (C=O) groups excluding carboxylic acids is 2. The molecule has 0 atom stereocenters. The second-order valence-corrected chi connectivity index (χ2v) is 4.55. The van der Waals surface area contributed by atoms with Gasteiger partial charge in [0.25, 0.3) is 5.91 Å². The number of hydrogen-bond donors (Lipinski definition) is 2. The molecule has 5 heteroatoms. The van der Waals surface area contributed by atoms with Crippen molar-refractivity contribution in [1.29, 1.82) is 0 Å². The third-order valence-electron chi connectivity index (χ3n) is 2.07. The molecule has 0 aliphatic heterocycles. The van der Waals surface area contributed by atoms with Crippen LogP contribution in [0.3, 0.4) is 0 Å². The summed E-state index contributed by atoms with van der Waals surface area (Å²) < 4.78 is 4.99. The van der Waals surface area contributed by atoms with Crippen molar-refractivity contribution >= 4 is 11.8 Å². The van der Waals surface area contributed by atoms with Crippen molar-refractivity contribution in [3.8, 4) is 0 Å². The zero-order valence-corrected chi connectivity index (χ0v) is 9.88. The van der Waals surface area contributed by atoms with Crippen molar-refractivity contribution in [3.63, 3.8) is 0 Å². The van der Waals surface area contributed by atoms with Gasteiger partial charge in [-0.05, 0) is 13.0 Å². The van der Waals surface area contributed by atoms with Gasteiger partial charge in [0.1, 0.15) is 5.76 Å². The highest BCUT2D eigenvalue weighted by atomic mass is 16.3. The third-order valence-corrected chi connectivity index (χ3v) is 2.07. The maximum absolute atomic E-state index is 11.6. The van der Waals surface area contributed by atoms with Gasteiger partial charge in [-0.15, -0.1) is 0 Å². The van der Waals surface area contributed by atoms with Crippen LogP contribution in [0.25, 0.3) is 0 Å². The van der Waals surface area contributed by atoms with E-state index in [4.69, 9.17) is 4.42 Å². The lowest BCUT2D eigenvalue weighted by Crippen LogP contribution is -2.46. The minimum atomic E-state index is -0.543. The number of aryl methyl sites for hydroxylation is 1. The molecule has 88 valence electrons. The van der Waals surface area contributed by atoms with Crippen molar-refractivity contribution in [2.24, 2.45) is 5.41 Å². The highest BCUT2D eigenvalue weighted by Gasteiger charge is 2.22. The Morgan fingerprint density at radius 3 is 2.31 bits per heavy atom. The molecule has 0 bridgehead atoms. The summed E-state index contributed by atoms with van der Waals surface area (Å²) in [6.07, 6.45) is 1.43. The molecule has 2 amide bonds. The molecule has 0 unspecified atom stereocenters. The Balaban J connectivity index is 2.55. The van der Waals surface area contributed by atoms with Crippen molar-refractivity contribution < 1.29 is 14.0 Å². The van der Waals surface area contributed by atoms with E-state index in [0.717, 1.165) is 0 Å². The monoisotopic (exact) mass is 224 g/mol. The van der Waals surface area contributed by atoms with Gasteiger partial charge in [0.15, 0.2) is 0 Å². The van der Waals surface area contributed by atoms with E-state index in [0.29, 0.717) is 11.3 Å². The summed E-state index contributed by atoms with van der Waals surface area (Å²) in [5.41, 5.74) is 4.56. The molecule has 0 radical (unpaired) electrons. The maximum Gasteiger partial charge on any atom is 0.273 e. The van der Waals surface area contributed by atoms with E-state index in [9.17, 15) is 9.59 Å². The van der Waals surface area contributed by atoms with Crippen molar-refractivity contribution in [2.75, 3.05) is 0 Å². The van der Waals surface area contributed by atoms with E-state index in [-0.39, 0.29) is 11.8 Å². The SMILES string of the molecule is Cc1occc1C(=O)NNC(=O)C(C)(C)C. The second kappa shape index (κ2) is 4.38. The highest BCUT2D eigenvalue weighted by Crippen LogP contribution is 2.12. The zero-order chi connectivity index (χ0) is 12.3. The number of hydrogen-bond acceptors (Lipinski definition) is 3. The molecule has 0 aliphatic rings. The summed E-state index contributed by atoms with van der Waals surface area (Å²) in [6, 6.07) is 1.55. The number of rotatable bonds is 1.